The Balaban J connectivity index is 2.28. The maximum Gasteiger partial charge on any atom is 0.182 e. The van der Waals surface area contributed by atoms with Crippen LogP contribution in [-0.2, 0) is 0 Å². The van der Waals surface area contributed by atoms with E-state index in [-0.39, 0.29) is 5.54 Å². The first-order valence-electron chi connectivity index (χ1n) is 6.50. The first-order valence-corrected chi connectivity index (χ1v) is 6.50. The summed E-state index contributed by atoms with van der Waals surface area (Å²) in [5.74, 6) is -1.51. The van der Waals surface area contributed by atoms with Crippen LogP contribution in [0.15, 0.2) is 18.2 Å². The molecule has 1 aromatic rings. The summed E-state index contributed by atoms with van der Waals surface area (Å²) in [5, 5.41) is 3.48. The SMILES string of the molecule is CCC1(C)CN(c2cccc(F)c2F)CCCN1. The van der Waals surface area contributed by atoms with Gasteiger partial charge in [0.2, 0.25) is 0 Å². The predicted octanol–water partition coefficient (Wildman–Crippen LogP) is 2.93. The Hall–Kier alpha value is -1.16. The fraction of sp³-hybridized carbons (Fsp3) is 0.571. The minimum atomic E-state index is -0.775. The minimum absolute atomic E-state index is 0.0464. The highest BCUT2D eigenvalue weighted by molar-refractivity contribution is 5.48. The van der Waals surface area contributed by atoms with Crippen molar-refractivity contribution >= 4 is 5.69 Å². The molecule has 0 aliphatic carbocycles. The fourth-order valence-corrected chi connectivity index (χ4v) is 2.40. The molecule has 0 spiro atoms. The largest absolute Gasteiger partial charge is 0.367 e. The number of hydrogen-bond acceptors (Lipinski definition) is 2. The Morgan fingerprint density at radius 2 is 2.17 bits per heavy atom. The summed E-state index contributed by atoms with van der Waals surface area (Å²) in [4.78, 5) is 1.95. The van der Waals surface area contributed by atoms with Crippen molar-refractivity contribution in [2.24, 2.45) is 0 Å². The molecule has 1 fully saturated rings. The molecule has 0 radical (unpaired) electrons. The lowest BCUT2D eigenvalue weighted by atomic mass is 9.98. The molecule has 1 atom stereocenters. The van der Waals surface area contributed by atoms with Gasteiger partial charge in [-0.1, -0.05) is 13.0 Å². The maximum atomic E-state index is 13.8. The minimum Gasteiger partial charge on any atom is -0.367 e. The monoisotopic (exact) mass is 254 g/mol. The molecule has 1 unspecified atom stereocenters. The molecule has 1 aromatic carbocycles. The lowest BCUT2D eigenvalue weighted by Gasteiger charge is -2.34. The molecule has 0 amide bonds. The fourth-order valence-electron chi connectivity index (χ4n) is 2.40. The summed E-state index contributed by atoms with van der Waals surface area (Å²) in [5.41, 5.74) is 0.327. The summed E-state index contributed by atoms with van der Waals surface area (Å²) in [6.45, 7) is 6.60. The van der Waals surface area contributed by atoms with E-state index in [0.29, 0.717) is 12.2 Å². The van der Waals surface area contributed by atoms with Gasteiger partial charge in [0.1, 0.15) is 0 Å². The second-order valence-corrected chi connectivity index (χ2v) is 5.19. The lowest BCUT2D eigenvalue weighted by molar-refractivity contribution is 0.365. The molecule has 2 nitrogen and oxygen atoms in total. The Morgan fingerprint density at radius 3 is 2.89 bits per heavy atom. The third kappa shape index (κ3) is 2.64. The van der Waals surface area contributed by atoms with Gasteiger partial charge in [-0.25, -0.2) is 8.78 Å². The van der Waals surface area contributed by atoms with Crippen LogP contribution in [-0.4, -0.2) is 25.2 Å². The highest BCUT2D eigenvalue weighted by Gasteiger charge is 2.28. The van der Waals surface area contributed by atoms with Crippen LogP contribution in [0, 0.1) is 11.6 Å². The summed E-state index contributed by atoms with van der Waals surface area (Å²) in [6.07, 6.45) is 1.89. The van der Waals surface area contributed by atoms with Crippen LogP contribution in [0.25, 0.3) is 0 Å². The normalized spacial score (nSPS) is 25.0. The molecule has 0 aromatic heterocycles. The zero-order valence-electron chi connectivity index (χ0n) is 11.0. The number of benzene rings is 1. The second-order valence-electron chi connectivity index (χ2n) is 5.19. The van der Waals surface area contributed by atoms with E-state index in [1.807, 2.05) is 4.90 Å². The van der Waals surface area contributed by atoms with Crippen molar-refractivity contribution in [2.75, 3.05) is 24.5 Å². The first-order chi connectivity index (χ1) is 8.56. The van der Waals surface area contributed by atoms with Crippen molar-refractivity contribution in [2.45, 2.75) is 32.2 Å². The van der Waals surface area contributed by atoms with E-state index in [2.05, 4.69) is 19.2 Å². The predicted molar refractivity (Wildman–Crippen MR) is 69.9 cm³/mol. The lowest BCUT2D eigenvalue weighted by Crippen LogP contribution is -2.48. The second kappa shape index (κ2) is 5.22. The van der Waals surface area contributed by atoms with Crippen LogP contribution in [0.1, 0.15) is 26.7 Å². The quantitative estimate of drug-likeness (QED) is 0.873. The van der Waals surface area contributed by atoms with Gasteiger partial charge in [-0.3, -0.25) is 0 Å². The van der Waals surface area contributed by atoms with E-state index < -0.39 is 11.6 Å². The third-order valence-electron chi connectivity index (χ3n) is 3.75. The van der Waals surface area contributed by atoms with Crippen molar-refractivity contribution in [1.29, 1.82) is 0 Å². The third-order valence-corrected chi connectivity index (χ3v) is 3.75. The number of hydrogen-bond donors (Lipinski definition) is 1. The van der Waals surface area contributed by atoms with Crippen molar-refractivity contribution in [3.05, 3.63) is 29.8 Å². The zero-order chi connectivity index (χ0) is 13.2. The van der Waals surface area contributed by atoms with Gasteiger partial charge in [0, 0.05) is 18.6 Å². The van der Waals surface area contributed by atoms with Crippen LogP contribution < -0.4 is 10.2 Å². The summed E-state index contributed by atoms with van der Waals surface area (Å²) in [7, 11) is 0. The van der Waals surface area contributed by atoms with Gasteiger partial charge >= 0.3 is 0 Å². The maximum absolute atomic E-state index is 13.8. The summed E-state index contributed by atoms with van der Waals surface area (Å²) >= 11 is 0. The van der Waals surface area contributed by atoms with Gasteiger partial charge < -0.3 is 10.2 Å². The molecular formula is C14H20F2N2. The molecule has 4 heteroatoms. The molecule has 1 saturated heterocycles. The van der Waals surface area contributed by atoms with E-state index in [4.69, 9.17) is 0 Å². The molecule has 0 bridgehead atoms. The van der Waals surface area contributed by atoms with E-state index in [1.165, 1.54) is 0 Å². The standard InChI is InChI=1S/C14H20F2N2/c1-3-14(2)10-18(9-5-8-17-14)12-7-4-6-11(15)13(12)16/h4,6-7,17H,3,5,8-10H2,1-2H3. The average molecular weight is 254 g/mol. The van der Waals surface area contributed by atoms with Crippen molar-refractivity contribution < 1.29 is 8.78 Å². The number of rotatable bonds is 2. The van der Waals surface area contributed by atoms with Gasteiger partial charge in [0.15, 0.2) is 11.6 Å². The molecule has 1 aliphatic heterocycles. The van der Waals surface area contributed by atoms with Crippen LogP contribution in [0.2, 0.25) is 0 Å². The van der Waals surface area contributed by atoms with Crippen molar-refractivity contribution in [3.8, 4) is 0 Å². The Bertz CT molecular complexity index is 422. The molecule has 0 saturated carbocycles. The molecule has 100 valence electrons. The molecule has 1 aliphatic rings. The highest BCUT2D eigenvalue weighted by atomic mass is 19.2. The summed E-state index contributed by atoms with van der Waals surface area (Å²) in [6, 6.07) is 4.38. The number of nitrogens with zero attached hydrogens (tertiary/aromatic N) is 1. The first kappa shape index (κ1) is 13.3. The molecule has 2 rings (SSSR count). The van der Waals surface area contributed by atoms with Gasteiger partial charge in [-0.2, -0.15) is 0 Å². The van der Waals surface area contributed by atoms with Gasteiger partial charge in [0.25, 0.3) is 0 Å². The molecule has 1 N–H and O–H groups in total. The van der Waals surface area contributed by atoms with Crippen molar-refractivity contribution in [3.63, 3.8) is 0 Å². The van der Waals surface area contributed by atoms with Crippen LogP contribution >= 0.6 is 0 Å². The smallest absolute Gasteiger partial charge is 0.182 e. The van der Waals surface area contributed by atoms with Crippen LogP contribution in [0.5, 0.6) is 0 Å². The van der Waals surface area contributed by atoms with Crippen LogP contribution in [0.4, 0.5) is 14.5 Å². The van der Waals surface area contributed by atoms with Gasteiger partial charge in [-0.15, -0.1) is 0 Å². The van der Waals surface area contributed by atoms with Gasteiger partial charge in [0.05, 0.1) is 5.69 Å². The van der Waals surface area contributed by atoms with Crippen molar-refractivity contribution in [1.82, 2.24) is 5.32 Å². The highest BCUT2D eigenvalue weighted by Crippen LogP contribution is 2.25. The Labute approximate surface area is 107 Å². The van der Waals surface area contributed by atoms with Crippen LogP contribution in [0.3, 0.4) is 0 Å². The number of halogens is 2. The van der Waals surface area contributed by atoms with E-state index in [1.54, 1.807) is 12.1 Å². The number of nitrogens with one attached hydrogen (secondary N) is 1. The average Bonchev–Trinajstić information content (AvgIpc) is 2.56. The molecule has 1 heterocycles. The molecular weight excluding hydrogens is 234 g/mol. The number of anilines is 1. The molecule has 18 heavy (non-hydrogen) atoms. The van der Waals surface area contributed by atoms with E-state index >= 15 is 0 Å². The Kier molecular flexibility index (Phi) is 3.85. The van der Waals surface area contributed by atoms with Gasteiger partial charge in [-0.05, 0) is 38.4 Å². The zero-order valence-corrected chi connectivity index (χ0v) is 11.0. The van der Waals surface area contributed by atoms with E-state index in [9.17, 15) is 8.78 Å². The summed E-state index contributed by atoms with van der Waals surface area (Å²) < 4.78 is 27.1. The topological polar surface area (TPSA) is 15.3 Å². The Morgan fingerprint density at radius 1 is 1.39 bits per heavy atom. The van der Waals surface area contributed by atoms with E-state index in [0.717, 1.165) is 32.0 Å².